The van der Waals surface area contributed by atoms with Crippen molar-refractivity contribution in [3.05, 3.63) is 17.8 Å². The maximum atomic E-state index is 5.73. The molecule has 16 heavy (non-hydrogen) atoms. The van der Waals surface area contributed by atoms with Crippen molar-refractivity contribution in [3.63, 3.8) is 0 Å². The molecule has 1 aromatic heterocycles. The van der Waals surface area contributed by atoms with Gasteiger partial charge in [0.1, 0.15) is 5.82 Å². The van der Waals surface area contributed by atoms with Crippen molar-refractivity contribution in [2.45, 2.75) is 25.8 Å². The second-order valence-corrected chi connectivity index (χ2v) is 4.58. The number of likely N-dealkylation sites (tertiary alicyclic amines) is 1. The molecule has 0 aromatic carbocycles. The second-order valence-electron chi connectivity index (χ2n) is 4.58. The molecule has 4 nitrogen and oxygen atoms in total. The van der Waals surface area contributed by atoms with Crippen LogP contribution in [0.1, 0.15) is 18.4 Å². The van der Waals surface area contributed by atoms with Crippen LogP contribution < -0.4 is 11.1 Å². The van der Waals surface area contributed by atoms with Gasteiger partial charge in [-0.05, 0) is 45.0 Å². The summed E-state index contributed by atoms with van der Waals surface area (Å²) in [5.41, 5.74) is 7.56. The van der Waals surface area contributed by atoms with Gasteiger partial charge in [0.2, 0.25) is 0 Å². The first-order valence-electron chi connectivity index (χ1n) is 5.83. The molecule has 1 aliphatic heterocycles. The standard InChI is InChI=1S/C12H20N4/c1-9-6-12(15-8-11(9)13)14-7-10-4-3-5-16(10)2/h6,8,10H,3-5,7,13H2,1-2H3,(H,14,15). The first-order valence-corrected chi connectivity index (χ1v) is 5.83. The van der Waals surface area contributed by atoms with Crippen LogP contribution in [-0.2, 0) is 0 Å². The molecule has 0 amide bonds. The van der Waals surface area contributed by atoms with Crippen molar-refractivity contribution in [3.8, 4) is 0 Å². The average molecular weight is 220 g/mol. The van der Waals surface area contributed by atoms with E-state index in [-0.39, 0.29) is 0 Å². The Morgan fingerprint density at radius 1 is 1.62 bits per heavy atom. The third kappa shape index (κ3) is 2.44. The van der Waals surface area contributed by atoms with Crippen LogP contribution in [0.4, 0.5) is 11.5 Å². The Morgan fingerprint density at radius 2 is 2.44 bits per heavy atom. The fourth-order valence-electron chi connectivity index (χ4n) is 2.12. The SMILES string of the molecule is Cc1cc(NCC2CCCN2C)ncc1N. The van der Waals surface area contributed by atoms with Gasteiger partial charge in [0, 0.05) is 12.6 Å². The molecule has 4 heteroatoms. The first-order chi connectivity index (χ1) is 7.66. The van der Waals surface area contributed by atoms with E-state index in [2.05, 4.69) is 22.2 Å². The molecule has 1 aliphatic rings. The van der Waals surface area contributed by atoms with Crippen molar-refractivity contribution in [2.75, 3.05) is 31.2 Å². The van der Waals surface area contributed by atoms with E-state index in [1.54, 1.807) is 6.20 Å². The number of nitrogens with zero attached hydrogens (tertiary/aromatic N) is 2. The maximum absolute atomic E-state index is 5.73. The Bertz CT molecular complexity index is 364. The largest absolute Gasteiger partial charge is 0.397 e. The Labute approximate surface area is 96.8 Å². The zero-order valence-electron chi connectivity index (χ0n) is 10.0. The molecule has 0 aliphatic carbocycles. The molecule has 88 valence electrons. The van der Waals surface area contributed by atoms with Crippen molar-refractivity contribution in [1.82, 2.24) is 9.88 Å². The lowest BCUT2D eigenvalue weighted by Gasteiger charge is -2.20. The number of nitrogens with two attached hydrogens (primary N) is 1. The van der Waals surface area contributed by atoms with Crippen molar-refractivity contribution < 1.29 is 0 Å². The van der Waals surface area contributed by atoms with Crippen molar-refractivity contribution in [2.24, 2.45) is 0 Å². The number of hydrogen-bond acceptors (Lipinski definition) is 4. The zero-order chi connectivity index (χ0) is 11.5. The van der Waals surface area contributed by atoms with Crippen LogP contribution in [0.25, 0.3) is 0 Å². The molecule has 2 rings (SSSR count). The minimum absolute atomic E-state index is 0.639. The molecule has 2 heterocycles. The Morgan fingerprint density at radius 3 is 3.06 bits per heavy atom. The van der Waals surface area contributed by atoms with E-state index >= 15 is 0 Å². The maximum Gasteiger partial charge on any atom is 0.126 e. The van der Waals surface area contributed by atoms with Gasteiger partial charge in [0.05, 0.1) is 11.9 Å². The molecule has 0 saturated carbocycles. The smallest absolute Gasteiger partial charge is 0.126 e. The topological polar surface area (TPSA) is 54.2 Å². The summed E-state index contributed by atoms with van der Waals surface area (Å²) in [5.74, 6) is 0.923. The summed E-state index contributed by atoms with van der Waals surface area (Å²) in [4.78, 5) is 6.67. The molecule has 1 atom stereocenters. The number of likely N-dealkylation sites (N-methyl/N-ethyl adjacent to an activating group) is 1. The molecule has 1 aromatic rings. The molecule has 1 saturated heterocycles. The highest BCUT2D eigenvalue weighted by Crippen LogP contribution is 2.17. The normalized spacial score (nSPS) is 21.2. The number of pyridine rings is 1. The summed E-state index contributed by atoms with van der Waals surface area (Å²) in [7, 11) is 2.18. The van der Waals surface area contributed by atoms with Crippen molar-refractivity contribution >= 4 is 11.5 Å². The molecule has 0 radical (unpaired) electrons. The highest BCUT2D eigenvalue weighted by molar-refractivity contribution is 5.50. The predicted octanol–water partition coefficient (Wildman–Crippen LogP) is 1.48. The lowest BCUT2D eigenvalue weighted by atomic mass is 10.2. The van der Waals surface area contributed by atoms with Gasteiger partial charge in [-0.1, -0.05) is 0 Å². The summed E-state index contributed by atoms with van der Waals surface area (Å²) in [6.07, 6.45) is 4.30. The average Bonchev–Trinajstić information content (AvgIpc) is 2.66. The molecule has 0 bridgehead atoms. The summed E-state index contributed by atoms with van der Waals surface area (Å²) < 4.78 is 0. The van der Waals surface area contributed by atoms with Gasteiger partial charge < -0.3 is 16.0 Å². The van der Waals surface area contributed by atoms with Gasteiger partial charge in [-0.25, -0.2) is 4.98 Å². The summed E-state index contributed by atoms with van der Waals surface area (Å²) >= 11 is 0. The number of anilines is 2. The van der Waals surface area contributed by atoms with Crippen molar-refractivity contribution in [1.29, 1.82) is 0 Å². The van der Waals surface area contributed by atoms with Crippen LogP contribution in [0.15, 0.2) is 12.3 Å². The summed E-state index contributed by atoms with van der Waals surface area (Å²) in [5, 5.41) is 3.38. The summed E-state index contributed by atoms with van der Waals surface area (Å²) in [6, 6.07) is 2.64. The number of aryl methyl sites for hydroxylation is 1. The molecule has 1 unspecified atom stereocenters. The fourth-order valence-corrected chi connectivity index (χ4v) is 2.12. The number of nitrogens with one attached hydrogen (secondary N) is 1. The van der Waals surface area contributed by atoms with Crippen LogP contribution >= 0.6 is 0 Å². The van der Waals surface area contributed by atoms with E-state index in [1.807, 2.05) is 13.0 Å². The third-order valence-electron chi connectivity index (χ3n) is 3.34. The number of hydrogen-bond donors (Lipinski definition) is 2. The fraction of sp³-hybridized carbons (Fsp3) is 0.583. The van der Waals surface area contributed by atoms with Crippen LogP contribution in [0.3, 0.4) is 0 Å². The van der Waals surface area contributed by atoms with E-state index in [9.17, 15) is 0 Å². The monoisotopic (exact) mass is 220 g/mol. The van der Waals surface area contributed by atoms with E-state index in [1.165, 1.54) is 19.4 Å². The minimum Gasteiger partial charge on any atom is -0.397 e. The zero-order valence-corrected chi connectivity index (χ0v) is 10.0. The lowest BCUT2D eigenvalue weighted by molar-refractivity contribution is 0.322. The van der Waals surface area contributed by atoms with Gasteiger partial charge in [0.25, 0.3) is 0 Å². The molecule has 3 N–H and O–H groups in total. The quantitative estimate of drug-likeness (QED) is 0.810. The number of nitrogen functional groups attached to an aromatic ring is 1. The summed E-state index contributed by atoms with van der Waals surface area (Å²) in [6.45, 7) is 4.18. The number of rotatable bonds is 3. The Kier molecular flexibility index (Phi) is 3.29. The number of aromatic nitrogens is 1. The first kappa shape index (κ1) is 11.2. The molecular weight excluding hydrogens is 200 g/mol. The van der Waals surface area contributed by atoms with Gasteiger partial charge in [-0.15, -0.1) is 0 Å². The minimum atomic E-state index is 0.639. The van der Waals surface area contributed by atoms with E-state index in [0.29, 0.717) is 6.04 Å². The Balaban J connectivity index is 1.91. The van der Waals surface area contributed by atoms with E-state index < -0.39 is 0 Å². The van der Waals surface area contributed by atoms with Gasteiger partial charge >= 0.3 is 0 Å². The highest BCUT2D eigenvalue weighted by Gasteiger charge is 2.20. The van der Waals surface area contributed by atoms with Gasteiger partial charge in [-0.2, -0.15) is 0 Å². The Hall–Kier alpha value is -1.29. The van der Waals surface area contributed by atoms with Crippen LogP contribution in [0, 0.1) is 6.92 Å². The molecular formula is C12H20N4. The molecule has 1 fully saturated rings. The van der Waals surface area contributed by atoms with Gasteiger partial charge in [-0.3, -0.25) is 0 Å². The van der Waals surface area contributed by atoms with Crippen LogP contribution in [0.5, 0.6) is 0 Å². The second kappa shape index (κ2) is 4.70. The molecule has 0 spiro atoms. The van der Waals surface area contributed by atoms with E-state index in [0.717, 1.165) is 23.6 Å². The van der Waals surface area contributed by atoms with E-state index in [4.69, 9.17) is 5.73 Å². The van der Waals surface area contributed by atoms with Gasteiger partial charge in [0.15, 0.2) is 0 Å². The highest BCUT2D eigenvalue weighted by atomic mass is 15.2. The lowest BCUT2D eigenvalue weighted by Crippen LogP contribution is -2.31. The third-order valence-corrected chi connectivity index (χ3v) is 3.34. The van der Waals surface area contributed by atoms with Crippen LogP contribution in [-0.4, -0.2) is 36.1 Å². The van der Waals surface area contributed by atoms with Crippen LogP contribution in [0.2, 0.25) is 0 Å². The predicted molar refractivity (Wildman–Crippen MR) is 67.5 cm³/mol.